The van der Waals surface area contributed by atoms with Crippen molar-refractivity contribution in [1.82, 2.24) is 15.5 Å². The van der Waals surface area contributed by atoms with Gasteiger partial charge in [0, 0.05) is 11.3 Å². The summed E-state index contributed by atoms with van der Waals surface area (Å²) >= 11 is 1.47. The van der Waals surface area contributed by atoms with Gasteiger partial charge in [-0.05, 0) is 100 Å². The van der Waals surface area contributed by atoms with Crippen LogP contribution in [0, 0.1) is 27.7 Å². The van der Waals surface area contributed by atoms with Gasteiger partial charge in [0.15, 0.2) is 12.7 Å². The summed E-state index contributed by atoms with van der Waals surface area (Å²) < 4.78 is 10.8. The molecule has 0 saturated carbocycles. The number of amides is 3. The van der Waals surface area contributed by atoms with Crippen molar-refractivity contribution >= 4 is 29.5 Å². The summed E-state index contributed by atoms with van der Waals surface area (Å²) in [5.41, 5.74) is 5.76. The number of para-hydroxylation sites is 1. The van der Waals surface area contributed by atoms with Crippen LogP contribution in [0.3, 0.4) is 0 Å². The molecule has 1 unspecified atom stereocenters. The SMILES string of the molecule is CCOc1ccc(C[C@H](NC(=O)COc2c(C)cccc2C)[C@H](O)C(=O)N2CSC(C)(C)C2C(=O)NCc2c(C)cccc2C)cc1. The number of aliphatic hydroxyl groups excluding tert-OH is 1. The molecule has 3 amide bonds. The molecule has 0 bridgehead atoms. The average Bonchev–Trinajstić information content (AvgIpc) is 3.35. The highest BCUT2D eigenvalue weighted by atomic mass is 32.2. The molecule has 3 atom stereocenters. The Kier molecular flexibility index (Phi) is 12.0. The van der Waals surface area contributed by atoms with E-state index in [9.17, 15) is 19.5 Å². The number of nitrogens with one attached hydrogen (secondary N) is 2. The molecule has 252 valence electrons. The van der Waals surface area contributed by atoms with E-state index in [1.54, 1.807) is 0 Å². The second kappa shape index (κ2) is 15.7. The van der Waals surface area contributed by atoms with E-state index in [4.69, 9.17) is 9.47 Å². The van der Waals surface area contributed by atoms with Crippen LogP contribution in [0.5, 0.6) is 11.5 Å². The maximum Gasteiger partial charge on any atom is 0.258 e. The molecule has 4 rings (SSSR count). The van der Waals surface area contributed by atoms with Crippen LogP contribution in [-0.2, 0) is 27.3 Å². The molecule has 1 fully saturated rings. The van der Waals surface area contributed by atoms with Crippen LogP contribution in [-0.4, -0.2) is 69.8 Å². The molecule has 0 aromatic heterocycles. The fourth-order valence-corrected chi connectivity index (χ4v) is 7.09. The number of benzene rings is 3. The van der Waals surface area contributed by atoms with Gasteiger partial charge in [-0.25, -0.2) is 0 Å². The molecule has 3 N–H and O–H groups in total. The van der Waals surface area contributed by atoms with Crippen LogP contribution < -0.4 is 20.1 Å². The second-order valence-corrected chi connectivity index (χ2v) is 14.2. The third-order valence-corrected chi connectivity index (χ3v) is 9.96. The number of rotatable bonds is 13. The lowest BCUT2D eigenvalue weighted by atomic mass is 9.96. The van der Waals surface area contributed by atoms with E-state index in [1.165, 1.54) is 16.7 Å². The van der Waals surface area contributed by atoms with Gasteiger partial charge in [-0.3, -0.25) is 14.4 Å². The number of aliphatic hydroxyl groups is 1. The standard InChI is InChI=1S/C37H47N3O6S/c1-8-45-28-17-15-27(16-18-28)19-30(39-31(41)21-46-33-25(4)13-10-14-26(33)5)32(42)36(44)40-22-47-37(6,7)34(40)35(43)38-20-29-23(2)11-9-12-24(29)3/h9-18,30,32,34,42H,8,19-22H2,1-7H3,(H,38,43)(H,39,41)/t30-,32-,34?/m0/s1. The third kappa shape index (κ3) is 8.87. The molecule has 47 heavy (non-hydrogen) atoms. The summed E-state index contributed by atoms with van der Waals surface area (Å²) in [6.07, 6.45) is -1.45. The number of hydrogen-bond acceptors (Lipinski definition) is 7. The van der Waals surface area contributed by atoms with Crippen molar-refractivity contribution in [1.29, 1.82) is 0 Å². The fourth-order valence-electron chi connectivity index (χ4n) is 5.95. The Labute approximate surface area is 282 Å². The molecule has 3 aromatic carbocycles. The lowest BCUT2D eigenvalue weighted by molar-refractivity contribution is -0.148. The van der Waals surface area contributed by atoms with Crippen LogP contribution in [0.25, 0.3) is 0 Å². The van der Waals surface area contributed by atoms with Crippen LogP contribution in [0.1, 0.15) is 54.2 Å². The van der Waals surface area contributed by atoms with Crippen LogP contribution in [0.2, 0.25) is 0 Å². The summed E-state index contributed by atoms with van der Waals surface area (Å²) in [5, 5.41) is 17.5. The van der Waals surface area contributed by atoms with Crippen molar-refractivity contribution in [2.24, 2.45) is 0 Å². The molecular formula is C37H47N3O6S. The van der Waals surface area contributed by atoms with Crippen molar-refractivity contribution in [2.45, 2.75) is 84.4 Å². The first-order valence-corrected chi connectivity index (χ1v) is 17.0. The zero-order chi connectivity index (χ0) is 34.3. The van der Waals surface area contributed by atoms with Crippen molar-refractivity contribution in [2.75, 3.05) is 19.1 Å². The van der Waals surface area contributed by atoms with E-state index in [-0.39, 0.29) is 24.8 Å². The Bertz CT molecular complexity index is 1530. The van der Waals surface area contributed by atoms with Gasteiger partial charge in [0.05, 0.1) is 18.5 Å². The van der Waals surface area contributed by atoms with Crippen molar-refractivity contribution in [3.8, 4) is 11.5 Å². The Morgan fingerprint density at radius 2 is 1.53 bits per heavy atom. The minimum absolute atomic E-state index is 0.169. The fraction of sp³-hybridized carbons (Fsp3) is 0.432. The zero-order valence-corrected chi connectivity index (χ0v) is 29.2. The van der Waals surface area contributed by atoms with Gasteiger partial charge in [-0.1, -0.05) is 48.5 Å². The zero-order valence-electron chi connectivity index (χ0n) is 28.4. The predicted molar refractivity (Wildman–Crippen MR) is 186 cm³/mol. The normalized spacial score (nSPS) is 16.7. The molecule has 1 saturated heterocycles. The minimum atomic E-state index is -1.62. The first-order chi connectivity index (χ1) is 22.3. The van der Waals surface area contributed by atoms with Gasteiger partial charge in [0.1, 0.15) is 17.5 Å². The first-order valence-electron chi connectivity index (χ1n) is 16.0. The average molecular weight is 662 g/mol. The molecule has 1 aliphatic rings. The summed E-state index contributed by atoms with van der Waals surface area (Å²) in [7, 11) is 0. The molecule has 10 heteroatoms. The highest BCUT2D eigenvalue weighted by Gasteiger charge is 2.49. The molecule has 0 radical (unpaired) electrons. The number of hydrogen-bond donors (Lipinski definition) is 3. The van der Waals surface area contributed by atoms with Crippen LogP contribution >= 0.6 is 11.8 Å². The smallest absolute Gasteiger partial charge is 0.258 e. The maximum absolute atomic E-state index is 14.0. The summed E-state index contributed by atoms with van der Waals surface area (Å²) in [6.45, 7) is 14.1. The Hall–Kier alpha value is -4.02. The predicted octanol–water partition coefficient (Wildman–Crippen LogP) is 4.78. The van der Waals surface area contributed by atoms with Gasteiger partial charge >= 0.3 is 0 Å². The van der Waals surface area contributed by atoms with Gasteiger partial charge in [0.25, 0.3) is 11.8 Å². The Balaban J connectivity index is 1.53. The van der Waals surface area contributed by atoms with Crippen molar-refractivity contribution in [3.63, 3.8) is 0 Å². The van der Waals surface area contributed by atoms with Gasteiger partial charge in [0.2, 0.25) is 5.91 Å². The Morgan fingerprint density at radius 3 is 2.13 bits per heavy atom. The molecule has 1 aliphatic heterocycles. The topological polar surface area (TPSA) is 117 Å². The summed E-state index contributed by atoms with van der Waals surface area (Å²) in [5.74, 6) is 0.146. The minimum Gasteiger partial charge on any atom is -0.494 e. The van der Waals surface area contributed by atoms with Gasteiger partial charge in [-0.15, -0.1) is 11.8 Å². The lowest BCUT2D eigenvalue weighted by Gasteiger charge is -2.33. The summed E-state index contributed by atoms with van der Waals surface area (Å²) in [6, 6.07) is 17.2. The number of carbonyl (C=O) groups excluding carboxylic acids is 3. The second-order valence-electron chi connectivity index (χ2n) is 12.6. The highest BCUT2D eigenvalue weighted by Crippen LogP contribution is 2.40. The molecule has 3 aromatic rings. The molecule has 0 spiro atoms. The molecule has 0 aliphatic carbocycles. The quantitative estimate of drug-likeness (QED) is 0.241. The maximum atomic E-state index is 14.0. The van der Waals surface area contributed by atoms with Gasteiger partial charge in [-0.2, -0.15) is 0 Å². The number of aryl methyl sites for hydroxylation is 4. The molecule has 9 nitrogen and oxygen atoms in total. The largest absolute Gasteiger partial charge is 0.494 e. The van der Waals surface area contributed by atoms with E-state index in [2.05, 4.69) is 10.6 Å². The van der Waals surface area contributed by atoms with E-state index in [0.717, 1.165) is 33.4 Å². The number of ether oxygens (including phenoxy) is 2. The van der Waals surface area contributed by atoms with Gasteiger partial charge < -0.3 is 30.1 Å². The van der Waals surface area contributed by atoms with Crippen LogP contribution in [0.4, 0.5) is 0 Å². The number of nitrogens with zero attached hydrogens (tertiary/aromatic N) is 1. The number of thioether (sulfide) groups is 1. The first kappa shape index (κ1) is 35.8. The van der Waals surface area contributed by atoms with Crippen LogP contribution in [0.15, 0.2) is 60.7 Å². The highest BCUT2D eigenvalue weighted by molar-refractivity contribution is 8.00. The van der Waals surface area contributed by atoms with E-state index in [0.29, 0.717) is 24.7 Å². The lowest BCUT2D eigenvalue weighted by Crippen LogP contribution is -2.59. The van der Waals surface area contributed by atoms with Crippen molar-refractivity contribution < 1.29 is 29.0 Å². The number of carbonyl (C=O) groups is 3. The monoisotopic (exact) mass is 661 g/mol. The third-order valence-electron chi connectivity index (χ3n) is 8.59. The molecular weight excluding hydrogens is 614 g/mol. The van der Waals surface area contributed by atoms with E-state index in [1.807, 2.05) is 109 Å². The molecule has 1 heterocycles. The van der Waals surface area contributed by atoms with E-state index >= 15 is 0 Å². The summed E-state index contributed by atoms with van der Waals surface area (Å²) in [4.78, 5) is 42.4. The van der Waals surface area contributed by atoms with E-state index < -0.39 is 34.7 Å². The van der Waals surface area contributed by atoms with Crippen molar-refractivity contribution in [3.05, 3.63) is 94.0 Å². The Morgan fingerprint density at radius 1 is 0.936 bits per heavy atom.